The van der Waals surface area contributed by atoms with Gasteiger partial charge < -0.3 is 9.64 Å². The number of aryl methyl sites for hydroxylation is 1. The van der Waals surface area contributed by atoms with E-state index >= 15 is 0 Å². The van der Waals surface area contributed by atoms with E-state index in [0.717, 1.165) is 11.3 Å². The Morgan fingerprint density at radius 3 is 2.65 bits per heavy atom. The minimum absolute atomic E-state index is 0.0176. The summed E-state index contributed by atoms with van der Waals surface area (Å²) in [6, 6.07) is 3.69. The molecule has 0 spiro atoms. The standard InChI is InChI=1S/C15H22N2O3/c1-5-20-15(19)10-17(11(2)3)14(18)9-13-12(4)7-6-8-16-13/h6-8,11H,5,9-10H2,1-4H3. The van der Waals surface area contributed by atoms with Crippen LogP contribution >= 0.6 is 0 Å². The number of hydrogen-bond acceptors (Lipinski definition) is 4. The van der Waals surface area contributed by atoms with Crippen molar-refractivity contribution >= 4 is 11.9 Å². The molecule has 0 saturated carbocycles. The molecular weight excluding hydrogens is 256 g/mol. The van der Waals surface area contributed by atoms with E-state index in [1.807, 2.05) is 32.9 Å². The number of aromatic nitrogens is 1. The van der Waals surface area contributed by atoms with Crippen molar-refractivity contribution in [2.45, 2.75) is 40.2 Å². The van der Waals surface area contributed by atoms with Gasteiger partial charge in [0.25, 0.3) is 0 Å². The number of pyridine rings is 1. The van der Waals surface area contributed by atoms with Crippen LogP contribution in [0.15, 0.2) is 18.3 Å². The molecule has 0 aliphatic heterocycles. The summed E-state index contributed by atoms with van der Waals surface area (Å²) in [5.74, 6) is -0.498. The second-order valence-electron chi connectivity index (χ2n) is 4.86. The van der Waals surface area contributed by atoms with Crippen molar-refractivity contribution in [3.63, 3.8) is 0 Å². The summed E-state index contributed by atoms with van der Waals surface area (Å²) < 4.78 is 4.90. The molecule has 0 saturated heterocycles. The van der Waals surface area contributed by atoms with E-state index in [9.17, 15) is 9.59 Å². The lowest BCUT2D eigenvalue weighted by Gasteiger charge is -2.25. The first kappa shape index (κ1) is 16.1. The van der Waals surface area contributed by atoms with Gasteiger partial charge in [-0.2, -0.15) is 0 Å². The number of ether oxygens (including phenoxy) is 1. The average molecular weight is 278 g/mol. The van der Waals surface area contributed by atoms with Gasteiger partial charge in [-0.3, -0.25) is 14.6 Å². The van der Waals surface area contributed by atoms with Gasteiger partial charge in [0.2, 0.25) is 5.91 Å². The number of esters is 1. The van der Waals surface area contributed by atoms with Crippen molar-refractivity contribution in [2.75, 3.05) is 13.2 Å². The van der Waals surface area contributed by atoms with E-state index in [1.165, 1.54) is 4.90 Å². The first-order valence-electron chi connectivity index (χ1n) is 6.81. The minimum Gasteiger partial charge on any atom is -0.465 e. The topological polar surface area (TPSA) is 59.5 Å². The summed E-state index contributed by atoms with van der Waals surface area (Å²) >= 11 is 0. The zero-order valence-electron chi connectivity index (χ0n) is 12.5. The van der Waals surface area contributed by atoms with Gasteiger partial charge in [0.15, 0.2) is 0 Å². The second kappa shape index (κ2) is 7.62. The number of rotatable bonds is 6. The minimum atomic E-state index is -0.382. The fourth-order valence-corrected chi connectivity index (χ4v) is 1.85. The van der Waals surface area contributed by atoms with E-state index in [0.29, 0.717) is 6.61 Å². The molecule has 1 rings (SSSR count). The van der Waals surface area contributed by atoms with E-state index < -0.39 is 0 Å². The third kappa shape index (κ3) is 4.64. The van der Waals surface area contributed by atoms with Crippen LogP contribution in [0.1, 0.15) is 32.0 Å². The Bertz CT molecular complexity index is 472. The van der Waals surface area contributed by atoms with Crippen LogP contribution in [0.4, 0.5) is 0 Å². The van der Waals surface area contributed by atoms with Gasteiger partial charge in [-0.1, -0.05) is 6.07 Å². The van der Waals surface area contributed by atoms with Crippen molar-refractivity contribution in [3.05, 3.63) is 29.6 Å². The van der Waals surface area contributed by atoms with Crippen LogP contribution in [0.25, 0.3) is 0 Å². The number of hydrogen-bond donors (Lipinski definition) is 0. The van der Waals surface area contributed by atoms with E-state index in [1.54, 1.807) is 13.1 Å². The van der Waals surface area contributed by atoms with Crippen LogP contribution in [0.3, 0.4) is 0 Å². The van der Waals surface area contributed by atoms with Crippen LogP contribution in [0.2, 0.25) is 0 Å². The number of nitrogens with zero attached hydrogens (tertiary/aromatic N) is 2. The molecule has 1 aromatic rings. The number of carbonyl (C=O) groups is 2. The first-order valence-corrected chi connectivity index (χ1v) is 6.81. The van der Waals surface area contributed by atoms with Crippen molar-refractivity contribution in [2.24, 2.45) is 0 Å². The van der Waals surface area contributed by atoms with Gasteiger partial charge in [-0.15, -0.1) is 0 Å². The van der Waals surface area contributed by atoms with Gasteiger partial charge in [0.05, 0.1) is 18.7 Å². The highest BCUT2D eigenvalue weighted by Gasteiger charge is 2.21. The molecule has 0 aliphatic carbocycles. The Kier molecular flexibility index (Phi) is 6.15. The lowest BCUT2D eigenvalue weighted by molar-refractivity contribution is -0.149. The Morgan fingerprint density at radius 2 is 2.10 bits per heavy atom. The molecule has 1 aromatic heterocycles. The maximum absolute atomic E-state index is 12.3. The molecule has 5 heteroatoms. The van der Waals surface area contributed by atoms with Crippen LogP contribution in [0.5, 0.6) is 0 Å². The molecule has 20 heavy (non-hydrogen) atoms. The molecular formula is C15H22N2O3. The first-order chi connectivity index (χ1) is 9.45. The van der Waals surface area contributed by atoms with Crippen LogP contribution in [-0.4, -0.2) is 41.0 Å². The molecule has 0 atom stereocenters. The molecule has 0 fully saturated rings. The zero-order chi connectivity index (χ0) is 15.1. The average Bonchev–Trinajstić information content (AvgIpc) is 2.38. The van der Waals surface area contributed by atoms with E-state index in [-0.39, 0.29) is 30.9 Å². The molecule has 0 aliphatic rings. The molecule has 0 unspecified atom stereocenters. The Hall–Kier alpha value is -1.91. The smallest absolute Gasteiger partial charge is 0.325 e. The molecule has 1 amide bonds. The second-order valence-corrected chi connectivity index (χ2v) is 4.86. The molecule has 0 radical (unpaired) electrons. The van der Waals surface area contributed by atoms with Crippen molar-refractivity contribution in [1.82, 2.24) is 9.88 Å². The highest BCUT2D eigenvalue weighted by Crippen LogP contribution is 2.08. The Morgan fingerprint density at radius 1 is 1.40 bits per heavy atom. The summed E-state index contributed by atoms with van der Waals surface area (Å²) in [5, 5.41) is 0. The zero-order valence-corrected chi connectivity index (χ0v) is 12.5. The SMILES string of the molecule is CCOC(=O)CN(C(=O)Cc1ncccc1C)C(C)C. The van der Waals surface area contributed by atoms with Crippen LogP contribution in [0, 0.1) is 6.92 Å². The fraction of sp³-hybridized carbons (Fsp3) is 0.533. The van der Waals surface area contributed by atoms with E-state index in [2.05, 4.69) is 4.98 Å². The molecule has 5 nitrogen and oxygen atoms in total. The quantitative estimate of drug-likeness (QED) is 0.744. The number of carbonyl (C=O) groups excluding carboxylic acids is 2. The summed E-state index contributed by atoms with van der Waals surface area (Å²) in [4.78, 5) is 29.6. The maximum atomic E-state index is 12.3. The third-order valence-electron chi connectivity index (χ3n) is 2.98. The highest BCUT2D eigenvalue weighted by molar-refractivity contribution is 5.83. The predicted octanol–water partition coefficient (Wildman–Crippen LogP) is 1.73. The largest absolute Gasteiger partial charge is 0.465 e. The lowest BCUT2D eigenvalue weighted by Crippen LogP contribution is -2.42. The van der Waals surface area contributed by atoms with Crippen LogP contribution < -0.4 is 0 Å². The van der Waals surface area contributed by atoms with Gasteiger partial charge in [-0.05, 0) is 39.3 Å². The van der Waals surface area contributed by atoms with Gasteiger partial charge in [0, 0.05) is 12.2 Å². The molecule has 0 aromatic carbocycles. The summed E-state index contributed by atoms with van der Waals surface area (Å²) in [7, 11) is 0. The van der Waals surface area contributed by atoms with Crippen molar-refractivity contribution < 1.29 is 14.3 Å². The monoisotopic (exact) mass is 278 g/mol. The third-order valence-corrected chi connectivity index (χ3v) is 2.98. The summed E-state index contributed by atoms with van der Waals surface area (Å²) in [6.45, 7) is 7.72. The fourth-order valence-electron chi connectivity index (χ4n) is 1.85. The normalized spacial score (nSPS) is 10.4. The highest BCUT2D eigenvalue weighted by atomic mass is 16.5. The summed E-state index contributed by atoms with van der Waals surface area (Å²) in [6.07, 6.45) is 1.87. The molecule has 0 bridgehead atoms. The summed E-state index contributed by atoms with van der Waals surface area (Å²) in [5.41, 5.74) is 1.72. The van der Waals surface area contributed by atoms with Gasteiger partial charge >= 0.3 is 5.97 Å². The van der Waals surface area contributed by atoms with E-state index in [4.69, 9.17) is 4.74 Å². The van der Waals surface area contributed by atoms with Crippen molar-refractivity contribution in [1.29, 1.82) is 0 Å². The maximum Gasteiger partial charge on any atom is 0.325 e. The van der Waals surface area contributed by atoms with Crippen LogP contribution in [-0.2, 0) is 20.7 Å². The lowest BCUT2D eigenvalue weighted by atomic mass is 10.1. The van der Waals surface area contributed by atoms with Gasteiger partial charge in [-0.25, -0.2) is 0 Å². The molecule has 1 heterocycles. The van der Waals surface area contributed by atoms with Gasteiger partial charge in [0.1, 0.15) is 6.54 Å². The Labute approximate surface area is 119 Å². The van der Waals surface area contributed by atoms with Crippen molar-refractivity contribution in [3.8, 4) is 0 Å². The molecule has 0 N–H and O–H groups in total. The predicted molar refractivity (Wildman–Crippen MR) is 76.2 cm³/mol. The molecule has 110 valence electrons. The Balaban J connectivity index is 2.75. The number of amides is 1.